The van der Waals surface area contributed by atoms with Crippen LogP contribution in [0.2, 0.25) is 5.02 Å². The van der Waals surface area contributed by atoms with Crippen LogP contribution in [0.3, 0.4) is 0 Å². The number of rotatable bonds is 7. The monoisotopic (exact) mass is 415 g/mol. The number of hydrogen-bond donors (Lipinski definition) is 2. The van der Waals surface area contributed by atoms with Crippen LogP contribution in [0.4, 0.5) is 0 Å². The van der Waals surface area contributed by atoms with Gasteiger partial charge in [-0.15, -0.1) is 0 Å². The number of likely N-dealkylation sites (tertiary alicyclic amines) is 1. The normalized spacial score (nSPS) is 15.0. The number of benzene rings is 2. The summed E-state index contributed by atoms with van der Waals surface area (Å²) in [4.78, 5) is 26.7. The van der Waals surface area contributed by atoms with E-state index in [4.69, 9.17) is 16.3 Å². The van der Waals surface area contributed by atoms with Crippen LogP contribution in [0.1, 0.15) is 28.8 Å². The van der Waals surface area contributed by atoms with Gasteiger partial charge in [0, 0.05) is 36.3 Å². The number of carbonyl (C=O) groups is 2. The Balaban J connectivity index is 1.36. The van der Waals surface area contributed by atoms with Gasteiger partial charge >= 0.3 is 0 Å². The lowest BCUT2D eigenvalue weighted by molar-refractivity contribution is -0.121. The van der Waals surface area contributed by atoms with Gasteiger partial charge in [-0.25, -0.2) is 0 Å². The highest BCUT2D eigenvalue weighted by Crippen LogP contribution is 2.16. The van der Waals surface area contributed by atoms with Crippen molar-refractivity contribution in [3.05, 3.63) is 64.7 Å². The zero-order valence-electron chi connectivity index (χ0n) is 16.5. The molecule has 0 aliphatic carbocycles. The maximum Gasteiger partial charge on any atom is 0.251 e. The Kier molecular flexibility index (Phi) is 7.49. The van der Waals surface area contributed by atoms with Crippen LogP contribution < -0.4 is 15.4 Å². The minimum Gasteiger partial charge on any atom is -0.497 e. The van der Waals surface area contributed by atoms with Crippen LogP contribution in [-0.4, -0.2) is 49.5 Å². The van der Waals surface area contributed by atoms with Gasteiger partial charge in [0.15, 0.2) is 0 Å². The molecule has 2 amide bonds. The minimum atomic E-state index is -0.277. The second-order valence-corrected chi connectivity index (χ2v) is 7.59. The van der Waals surface area contributed by atoms with E-state index in [1.54, 1.807) is 31.4 Å². The molecule has 29 heavy (non-hydrogen) atoms. The van der Waals surface area contributed by atoms with Crippen LogP contribution in [0.15, 0.2) is 48.5 Å². The summed E-state index contributed by atoms with van der Waals surface area (Å²) in [6, 6.07) is 14.8. The van der Waals surface area contributed by atoms with Crippen molar-refractivity contribution in [3.63, 3.8) is 0 Å². The predicted molar refractivity (Wildman–Crippen MR) is 113 cm³/mol. The van der Waals surface area contributed by atoms with Crippen molar-refractivity contribution in [1.29, 1.82) is 0 Å². The van der Waals surface area contributed by atoms with Crippen molar-refractivity contribution in [1.82, 2.24) is 15.5 Å². The van der Waals surface area contributed by atoms with E-state index in [0.717, 1.165) is 37.5 Å². The maximum atomic E-state index is 12.2. The molecule has 154 valence electrons. The summed E-state index contributed by atoms with van der Waals surface area (Å²) in [5, 5.41) is 6.42. The summed E-state index contributed by atoms with van der Waals surface area (Å²) < 4.78 is 5.07. The average Bonchev–Trinajstić information content (AvgIpc) is 2.75. The fraction of sp³-hybridized carbons (Fsp3) is 0.364. The number of halogens is 1. The summed E-state index contributed by atoms with van der Waals surface area (Å²) in [7, 11) is 1.57. The van der Waals surface area contributed by atoms with E-state index in [0.29, 0.717) is 11.3 Å². The topological polar surface area (TPSA) is 70.7 Å². The Labute approximate surface area is 176 Å². The molecule has 0 atom stereocenters. The highest BCUT2D eigenvalue weighted by atomic mass is 35.5. The average molecular weight is 416 g/mol. The van der Waals surface area contributed by atoms with Gasteiger partial charge in [-0.1, -0.05) is 23.7 Å². The summed E-state index contributed by atoms with van der Waals surface area (Å²) in [6.07, 6.45) is 1.79. The summed E-state index contributed by atoms with van der Waals surface area (Å²) >= 11 is 5.93. The molecule has 2 aromatic rings. The minimum absolute atomic E-state index is 0.0319. The highest BCUT2D eigenvalue weighted by molar-refractivity contribution is 6.30. The van der Waals surface area contributed by atoms with Crippen molar-refractivity contribution in [2.75, 3.05) is 26.7 Å². The second kappa shape index (κ2) is 10.3. The van der Waals surface area contributed by atoms with E-state index >= 15 is 0 Å². The molecule has 0 bridgehead atoms. The first kappa shape index (κ1) is 21.1. The molecule has 1 saturated heterocycles. The number of nitrogens with zero attached hydrogens (tertiary/aromatic N) is 1. The maximum absolute atomic E-state index is 12.2. The summed E-state index contributed by atoms with van der Waals surface area (Å²) in [6.45, 7) is 2.70. The largest absolute Gasteiger partial charge is 0.497 e. The first-order valence-electron chi connectivity index (χ1n) is 9.72. The fourth-order valence-electron chi connectivity index (χ4n) is 3.37. The van der Waals surface area contributed by atoms with Crippen molar-refractivity contribution in [2.45, 2.75) is 25.4 Å². The molecule has 0 unspecified atom stereocenters. The Morgan fingerprint density at radius 1 is 1.07 bits per heavy atom. The molecular weight excluding hydrogens is 390 g/mol. The van der Waals surface area contributed by atoms with Crippen LogP contribution in [-0.2, 0) is 11.3 Å². The molecule has 6 nitrogen and oxygen atoms in total. The zero-order valence-corrected chi connectivity index (χ0v) is 17.2. The number of piperidine rings is 1. The van der Waals surface area contributed by atoms with Gasteiger partial charge in [0.1, 0.15) is 5.75 Å². The van der Waals surface area contributed by atoms with Gasteiger partial charge in [-0.05, 0) is 54.8 Å². The number of hydrogen-bond acceptors (Lipinski definition) is 4. The van der Waals surface area contributed by atoms with Crippen LogP contribution >= 0.6 is 11.6 Å². The number of methoxy groups -OCH3 is 1. The Morgan fingerprint density at radius 2 is 1.72 bits per heavy atom. The fourth-order valence-corrected chi connectivity index (χ4v) is 3.49. The molecule has 0 aromatic heterocycles. The van der Waals surface area contributed by atoms with E-state index in [1.807, 2.05) is 24.3 Å². The lowest BCUT2D eigenvalue weighted by atomic mass is 10.0. The first-order chi connectivity index (χ1) is 14.0. The van der Waals surface area contributed by atoms with Crippen molar-refractivity contribution in [2.24, 2.45) is 0 Å². The molecule has 3 rings (SSSR count). The molecular formula is C22H26ClN3O3. The van der Waals surface area contributed by atoms with Gasteiger partial charge in [-0.2, -0.15) is 0 Å². The van der Waals surface area contributed by atoms with Gasteiger partial charge in [0.25, 0.3) is 5.91 Å². The molecule has 2 N–H and O–H groups in total. The van der Waals surface area contributed by atoms with Gasteiger partial charge in [0.05, 0.1) is 13.7 Å². The van der Waals surface area contributed by atoms with E-state index in [-0.39, 0.29) is 24.4 Å². The Hall–Kier alpha value is -2.57. The summed E-state index contributed by atoms with van der Waals surface area (Å²) in [5.41, 5.74) is 1.73. The third kappa shape index (κ3) is 6.48. The molecule has 0 radical (unpaired) electrons. The zero-order chi connectivity index (χ0) is 20.6. The second-order valence-electron chi connectivity index (χ2n) is 7.16. The van der Waals surface area contributed by atoms with Gasteiger partial charge in [0.2, 0.25) is 5.91 Å². The molecule has 1 aliphatic heterocycles. The van der Waals surface area contributed by atoms with Crippen LogP contribution in [0, 0.1) is 0 Å². The molecule has 7 heteroatoms. The number of carbonyl (C=O) groups excluding carboxylic acids is 2. The lowest BCUT2D eigenvalue weighted by Crippen LogP contribution is -2.47. The number of ether oxygens (including phenoxy) is 1. The quantitative estimate of drug-likeness (QED) is 0.729. The Morgan fingerprint density at radius 3 is 2.34 bits per heavy atom. The third-order valence-corrected chi connectivity index (χ3v) is 5.29. The standard InChI is InChI=1S/C22H26ClN3O3/c1-29-20-8-4-17(5-9-20)22(28)24-14-21(27)25-19-10-12-26(13-11-19)15-16-2-6-18(23)7-3-16/h2-9,19H,10-15H2,1H3,(H,24,28)(H,25,27). The molecule has 2 aromatic carbocycles. The predicted octanol–water partition coefficient (Wildman–Crippen LogP) is 2.86. The smallest absolute Gasteiger partial charge is 0.251 e. The van der Waals surface area contributed by atoms with Crippen LogP contribution in [0.25, 0.3) is 0 Å². The molecule has 0 spiro atoms. The van der Waals surface area contributed by atoms with Crippen molar-refractivity contribution >= 4 is 23.4 Å². The van der Waals surface area contributed by atoms with Crippen LogP contribution in [0.5, 0.6) is 5.75 Å². The SMILES string of the molecule is COc1ccc(C(=O)NCC(=O)NC2CCN(Cc3ccc(Cl)cc3)CC2)cc1. The first-order valence-corrected chi connectivity index (χ1v) is 10.1. The van der Waals surface area contributed by atoms with Crippen molar-refractivity contribution < 1.29 is 14.3 Å². The third-order valence-electron chi connectivity index (χ3n) is 5.03. The highest BCUT2D eigenvalue weighted by Gasteiger charge is 2.21. The Bertz CT molecular complexity index is 816. The molecule has 0 saturated carbocycles. The number of nitrogens with one attached hydrogen (secondary N) is 2. The lowest BCUT2D eigenvalue weighted by Gasteiger charge is -2.32. The van der Waals surface area contributed by atoms with E-state index in [1.165, 1.54) is 5.56 Å². The number of amides is 2. The molecule has 1 fully saturated rings. The van der Waals surface area contributed by atoms with Gasteiger partial charge in [-0.3, -0.25) is 14.5 Å². The van der Waals surface area contributed by atoms with E-state index in [9.17, 15) is 9.59 Å². The molecule has 1 heterocycles. The van der Waals surface area contributed by atoms with E-state index in [2.05, 4.69) is 15.5 Å². The molecule has 1 aliphatic rings. The van der Waals surface area contributed by atoms with Gasteiger partial charge < -0.3 is 15.4 Å². The van der Waals surface area contributed by atoms with Crippen molar-refractivity contribution in [3.8, 4) is 5.75 Å². The summed E-state index contributed by atoms with van der Waals surface area (Å²) in [5.74, 6) is 0.241. The van der Waals surface area contributed by atoms with E-state index < -0.39 is 0 Å².